The highest BCUT2D eigenvalue weighted by Crippen LogP contribution is 2.07. The van der Waals surface area contributed by atoms with E-state index in [9.17, 15) is 18.0 Å². The number of nitrogens with zero attached hydrogens (tertiary/aromatic N) is 1. The Morgan fingerprint density at radius 3 is 2.12 bits per heavy atom. The molecule has 2 N–H and O–H groups in total. The van der Waals surface area contributed by atoms with Gasteiger partial charge in [-0.1, -0.05) is 6.92 Å². The van der Waals surface area contributed by atoms with Crippen LogP contribution in [0.5, 0.6) is 0 Å². The van der Waals surface area contributed by atoms with Crippen LogP contribution >= 0.6 is 0 Å². The van der Waals surface area contributed by atoms with Gasteiger partial charge in [-0.25, -0.2) is 4.79 Å². The van der Waals surface area contributed by atoms with Gasteiger partial charge in [0.15, 0.2) is 0 Å². The van der Waals surface area contributed by atoms with Gasteiger partial charge in [-0.15, -0.1) is 0 Å². The molecule has 0 radical (unpaired) electrons. The third-order valence-corrected chi connectivity index (χ3v) is 2.89. The van der Waals surface area contributed by atoms with Crippen molar-refractivity contribution < 1.29 is 27.7 Å². The monoisotopic (exact) mass is 267 g/mol. The number of carboxylic acids is 1. The lowest BCUT2D eigenvalue weighted by atomic mass is 10.2. The smallest absolute Gasteiger partial charge is 0.327 e. The summed E-state index contributed by atoms with van der Waals surface area (Å²) in [5, 5.41) is 8.89. The van der Waals surface area contributed by atoms with Gasteiger partial charge in [0.05, 0.1) is 0 Å². The minimum Gasteiger partial charge on any atom is -0.480 e. The molecule has 8 heteroatoms. The molecule has 0 aromatic rings. The van der Waals surface area contributed by atoms with E-state index in [-0.39, 0.29) is 13.0 Å². The largest absolute Gasteiger partial charge is 0.480 e. The third-order valence-electron chi connectivity index (χ3n) is 2.15. The first-order valence-corrected chi connectivity index (χ1v) is 6.81. The molecule has 7 nitrogen and oxygen atoms in total. The number of carboxylic acid groups (broad SMARTS) is 1. The summed E-state index contributed by atoms with van der Waals surface area (Å²) in [6.45, 7) is 3.38. The summed E-state index contributed by atoms with van der Waals surface area (Å²) in [6, 6.07) is -1.55. The molecule has 0 saturated heterocycles. The van der Waals surface area contributed by atoms with Crippen LogP contribution in [-0.2, 0) is 19.7 Å². The molecule has 1 unspecified atom stereocenters. The highest BCUT2D eigenvalue weighted by molar-refractivity contribution is 7.85. The lowest BCUT2D eigenvalue weighted by Crippen LogP contribution is -2.48. The quantitative estimate of drug-likeness (QED) is 0.627. The van der Waals surface area contributed by atoms with Gasteiger partial charge < -0.3 is 10.0 Å². The second-order valence-electron chi connectivity index (χ2n) is 3.53. The van der Waals surface area contributed by atoms with E-state index >= 15 is 0 Å². The van der Waals surface area contributed by atoms with Crippen LogP contribution in [0.25, 0.3) is 0 Å². The molecule has 0 aromatic carbocycles. The van der Waals surface area contributed by atoms with Gasteiger partial charge >= 0.3 is 5.97 Å². The molecule has 0 aliphatic heterocycles. The highest BCUT2D eigenvalue weighted by atomic mass is 32.2. The number of carbonyl (C=O) groups is 2. The van der Waals surface area contributed by atoms with Crippen LogP contribution in [0, 0.1) is 0 Å². The van der Waals surface area contributed by atoms with Crippen molar-refractivity contribution in [2.75, 3.05) is 12.3 Å². The standard InChI is InChI=1S/C9H17NO6S/c1-3-5-8(11)10(4-2)7(9(12)13)6-17(14,15)16/h7H,3-6H2,1-2H3,(H,12,13)(H,14,15,16). The Morgan fingerprint density at radius 2 is 1.82 bits per heavy atom. The van der Waals surface area contributed by atoms with Crippen molar-refractivity contribution in [3.63, 3.8) is 0 Å². The fraction of sp³-hybridized carbons (Fsp3) is 0.778. The maximum atomic E-state index is 11.6. The number of amides is 1. The van der Waals surface area contributed by atoms with Crippen molar-refractivity contribution >= 4 is 22.0 Å². The highest BCUT2D eigenvalue weighted by Gasteiger charge is 2.31. The molecule has 1 amide bonds. The minimum absolute atomic E-state index is 0.0747. The molecule has 17 heavy (non-hydrogen) atoms. The van der Waals surface area contributed by atoms with E-state index in [1.54, 1.807) is 13.8 Å². The Bertz CT molecular complexity index is 377. The van der Waals surface area contributed by atoms with Crippen LogP contribution in [0.4, 0.5) is 0 Å². The summed E-state index contributed by atoms with van der Waals surface area (Å²) in [5.74, 6) is -2.88. The lowest BCUT2D eigenvalue weighted by molar-refractivity contribution is -0.149. The molecule has 100 valence electrons. The first-order valence-electron chi connectivity index (χ1n) is 5.20. The Kier molecular flexibility index (Phi) is 6.11. The van der Waals surface area contributed by atoms with Crippen LogP contribution < -0.4 is 0 Å². The Morgan fingerprint density at radius 1 is 1.29 bits per heavy atom. The Balaban J connectivity index is 5.00. The van der Waals surface area contributed by atoms with E-state index < -0.39 is 33.8 Å². The second-order valence-corrected chi connectivity index (χ2v) is 5.03. The average Bonchev–Trinajstić information content (AvgIpc) is 2.15. The SMILES string of the molecule is CCCC(=O)N(CC)C(CS(=O)(=O)O)C(=O)O. The van der Waals surface area contributed by atoms with Crippen molar-refractivity contribution in [3.8, 4) is 0 Å². The van der Waals surface area contributed by atoms with Gasteiger partial charge in [0.2, 0.25) is 5.91 Å². The normalized spacial score (nSPS) is 13.1. The summed E-state index contributed by atoms with van der Waals surface area (Å²) in [7, 11) is -4.45. The molecule has 0 aliphatic carbocycles. The zero-order valence-corrected chi connectivity index (χ0v) is 10.6. The maximum Gasteiger partial charge on any atom is 0.327 e. The van der Waals surface area contributed by atoms with Gasteiger partial charge in [0.1, 0.15) is 11.8 Å². The van der Waals surface area contributed by atoms with Crippen LogP contribution in [-0.4, -0.2) is 53.2 Å². The van der Waals surface area contributed by atoms with E-state index in [0.29, 0.717) is 6.42 Å². The number of hydrogen-bond acceptors (Lipinski definition) is 4. The van der Waals surface area contributed by atoms with Gasteiger partial charge in [-0.2, -0.15) is 8.42 Å². The summed E-state index contributed by atoms with van der Waals surface area (Å²) >= 11 is 0. The van der Waals surface area contributed by atoms with Crippen LogP contribution in [0.3, 0.4) is 0 Å². The number of likely N-dealkylation sites (N-methyl/N-ethyl adjacent to an activating group) is 1. The lowest BCUT2D eigenvalue weighted by Gasteiger charge is -2.26. The molecule has 0 heterocycles. The van der Waals surface area contributed by atoms with E-state index in [0.717, 1.165) is 4.90 Å². The molecular formula is C9H17NO6S. The average molecular weight is 267 g/mol. The summed E-state index contributed by atoms with van der Waals surface area (Å²) in [4.78, 5) is 23.5. The summed E-state index contributed by atoms with van der Waals surface area (Å²) < 4.78 is 30.1. The van der Waals surface area contributed by atoms with Crippen molar-refractivity contribution in [1.29, 1.82) is 0 Å². The van der Waals surface area contributed by atoms with Gasteiger partial charge in [-0.05, 0) is 13.3 Å². The van der Waals surface area contributed by atoms with Gasteiger partial charge in [0.25, 0.3) is 10.1 Å². The Hall–Kier alpha value is -1.15. The number of hydrogen-bond donors (Lipinski definition) is 2. The first-order chi connectivity index (χ1) is 7.72. The topological polar surface area (TPSA) is 112 Å². The second kappa shape index (κ2) is 6.55. The predicted octanol–water partition coefficient (Wildman–Crippen LogP) is -0.0240. The fourth-order valence-corrected chi connectivity index (χ4v) is 2.14. The maximum absolute atomic E-state index is 11.6. The molecule has 0 aliphatic rings. The van der Waals surface area contributed by atoms with Crippen molar-refractivity contribution in [3.05, 3.63) is 0 Å². The molecule has 0 saturated carbocycles. The number of aliphatic carboxylic acids is 1. The van der Waals surface area contributed by atoms with E-state index in [2.05, 4.69) is 0 Å². The van der Waals surface area contributed by atoms with E-state index in [1.807, 2.05) is 0 Å². The Labute approximate surface area is 100 Å². The minimum atomic E-state index is -4.45. The predicted molar refractivity (Wildman–Crippen MR) is 60.1 cm³/mol. The van der Waals surface area contributed by atoms with Crippen molar-refractivity contribution in [2.24, 2.45) is 0 Å². The summed E-state index contributed by atoms with van der Waals surface area (Å²) in [6.07, 6.45) is 0.677. The zero-order chi connectivity index (χ0) is 13.6. The molecule has 0 spiro atoms. The van der Waals surface area contributed by atoms with Gasteiger partial charge in [0, 0.05) is 13.0 Å². The summed E-state index contributed by atoms with van der Waals surface area (Å²) in [5.41, 5.74) is 0. The van der Waals surface area contributed by atoms with Crippen LogP contribution in [0.1, 0.15) is 26.7 Å². The molecule has 0 bridgehead atoms. The molecule has 0 fully saturated rings. The van der Waals surface area contributed by atoms with Gasteiger partial charge in [-0.3, -0.25) is 9.35 Å². The van der Waals surface area contributed by atoms with E-state index in [1.165, 1.54) is 0 Å². The third kappa shape index (κ3) is 5.64. The van der Waals surface area contributed by atoms with E-state index in [4.69, 9.17) is 9.66 Å². The molecule has 0 aromatic heterocycles. The first kappa shape index (κ1) is 15.9. The zero-order valence-electron chi connectivity index (χ0n) is 9.79. The molecule has 1 atom stereocenters. The van der Waals surface area contributed by atoms with Crippen molar-refractivity contribution in [1.82, 2.24) is 4.90 Å². The van der Waals surface area contributed by atoms with Crippen LogP contribution in [0.2, 0.25) is 0 Å². The molecule has 0 rings (SSSR count). The molecular weight excluding hydrogens is 250 g/mol. The van der Waals surface area contributed by atoms with Crippen LogP contribution in [0.15, 0.2) is 0 Å². The fourth-order valence-electron chi connectivity index (χ4n) is 1.42. The number of carbonyl (C=O) groups excluding carboxylic acids is 1. The number of rotatable bonds is 7. The van der Waals surface area contributed by atoms with Crippen molar-refractivity contribution in [2.45, 2.75) is 32.7 Å².